The minimum Gasteiger partial charge on any atom is -0.489 e. The zero-order valence-electron chi connectivity index (χ0n) is 10.3. The van der Waals surface area contributed by atoms with Crippen LogP contribution in [0.25, 0.3) is 0 Å². The Morgan fingerprint density at radius 3 is 2.56 bits per heavy atom. The molecule has 0 atom stereocenters. The van der Waals surface area contributed by atoms with E-state index in [1.165, 1.54) is 6.07 Å². The Bertz CT molecular complexity index is 324. The van der Waals surface area contributed by atoms with E-state index in [1.54, 1.807) is 12.1 Å². The van der Waals surface area contributed by atoms with Crippen LogP contribution in [0.1, 0.15) is 19.4 Å². The molecule has 0 fully saturated rings. The van der Waals surface area contributed by atoms with Gasteiger partial charge >= 0.3 is 0 Å². The number of aryl methyl sites for hydroxylation is 1. The van der Waals surface area contributed by atoms with Crippen molar-refractivity contribution in [1.82, 2.24) is 4.90 Å². The number of ether oxygens (including phenoxy) is 1. The second-order valence-corrected chi connectivity index (χ2v) is 3.81. The molecule has 1 aromatic rings. The van der Waals surface area contributed by atoms with Gasteiger partial charge in [0, 0.05) is 6.54 Å². The molecule has 90 valence electrons. The molecule has 3 heteroatoms. The molecule has 0 saturated heterocycles. The third-order valence-corrected chi connectivity index (χ3v) is 2.65. The smallest absolute Gasteiger partial charge is 0.165 e. The van der Waals surface area contributed by atoms with Crippen molar-refractivity contribution in [2.45, 2.75) is 20.8 Å². The van der Waals surface area contributed by atoms with Crippen LogP contribution in [0.2, 0.25) is 0 Å². The number of hydrogen-bond donors (Lipinski definition) is 0. The Hall–Kier alpha value is -1.09. The fourth-order valence-corrected chi connectivity index (χ4v) is 1.55. The van der Waals surface area contributed by atoms with Gasteiger partial charge < -0.3 is 9.64 Å². The highest BCUT2D eigenvalue weighted by molar-refractivity contribution is 5.29. The highest BCUT2D eigenvalue weighted by Crippen LogP contribution is 2.18. The molecule has 0 aliphatic carbocycles. The van der Waals surface area contributed by atoms with Gasteiger partial charge in [0.15, 0.2) is 11.6 Å². The van der Waals surface area contributed by atoms with E-state index in [0.29, 0.717) is 12.4 Å². The fourth-order valence-electron chi connectivity index (χ4n) is 1.55. The molecule has 0 N–H and O–H groups in total. The first-order valence-electron chi connectivity index (χ1n) is 5.78. The summed E-state index contributed by atoms with van der Waals surface area (Å²) in [5, 5.41) is 0. The Labute approximate surface area is 97.0 Å². The Morgan fingerprint density at radius 1 is 1.25 bits per heavy atom. The van der Waals surface area contributed by atoms with Crippen LogP contribution in [0.15, 0.2) is 18.2 Å². The molecule has 0 aromatic heterocycles. The molecule has 1 aromatic carbocycles. The molecule has 0 heterocycles. The van der Waals surface area contributed by atoms with Crippen molar-refractivity contribution >= 4 is 0 Å². The normalized spacial score (nSPS) is 10.8. The fraction of sp³-hybridized carbons (Fsp3) is 0.538. The van der Waals surface area contributed by atoms with Crippen molar-refractivity contribution in [1.29, 1.82) is 0 Å². The van der Waals surface area contributed by atoms with Gasteiger partial charge in [-0.15, -0.1) is 0 Å². The van der Waals surface area contributed by atoms with E-state index in [2.05, 4.69) is 18.7 Å². The zero-order chi connectivity index (χ0) is 12.0. The van der Waals surface area contributed by atoms with E-state index in [-0.39, 0.29) is 5.82 Å². The van der Waals surface area contributed by atoms with Gasteiger partial charge in [0.25, 0.3) is 0 Å². The van der Waals surface area contributed by atoms with Gasteiger partial charge in [-0.1, -0.05) is 19.9 Å². The lowest BCUT2D eigenvalue weighted by molar-refractivity contribution is 0.217. The first kappa shape index (κ1) is 13.0. The summed E-state index contributed by atoms with van der Waals surface area (Å²) >= 11 is 0. The molecule has 0 aliphatic rings. The SMILES string of the molecule is CCN(CC)CCOc1cc(C)ccc1F. The first-order valence-corrected chi connectivity index (χ1v) is 5.78. The van der Waals surface area contributed by atoms with E-state index >= 15 is 0 Å². The highest BCUT2D eigenvalue weighted by Gasteiger charge is 2.04. The zero-order valence-corrected chi connectivity index (χ0v) is 10.3. The van der Waals surface area contributed by atoms with E-state index < -0.39 is 0 Å². The van der Waals surface area contributed by atoms with E-state index in [9.17, 15) is 4.39 Å². The minimum atomic E-state index is -0.287. The van der Waals surface area contributed by atoms with Crippen LogP contribution >= 0.6 is 0 Å². The summed E-state index contributed by atoms with van der Waals surface area (Å²) in [5.41, 5.74) is 1.01. The van der Waals surface area contributed by atoms with E-state index in [1.807, 2.05) is 6.92 Å². The minimum absolute atomic E-state index is 0.287. The van der Waals surface area contributed by atoms with Gasteiger partial charge in [-0.05, 0) is 37.7 Å². The lowest BCUT2D eigenvalue weighted by Gasteiger charge is -2.18. The average Bonchev–Trinajstić information content (AvgIpc) is 2.29. The molecule has 0 spiro atoms. The second kappa shape index (κ2) is 6.48. The molecular formula is C13H20FNO. The molecule has 16 heavy (non-hydrogen) atoms. The first-order chi connectivity index (χ1) is 7.67. The molecule has 0 bridgehead atoms. The number of halogens is 1. The van der Waals surface area contributed by atoms with Crippen LogP contribution in [-0.2, 0) is 0 Å². The van der Waals surface area contributed by atoms with Gasteiger partial charge in [-0.25, -0.2) is 4.39 Å². The van der Waals surface area contributed by atoms with Gasteiger partial charge in [-0.3, -0.25) is 0 Å². The van der Waals surface area contributed by atoms with Crippen molar-refractivity contribution in [2.75, 3.05) is 26.2 Å². The second-order valence-electron chi connectivity index (χ2n) is 3.81. The highest BCUT2D eigenvalue weighted by atomic mass is 19.1. The number of benzene rings is 1. The molecule has 1 rings (SSSR count). The van der Waals surface area contributed by atoms with Crippen LogP contribution in [-0.4, -0.2) is 31.1 Å². The summed E-state index contributed by atoms with van der Waals surface area (Å²) in [5.74, 6) is 0.0669. The van der Waals surface area contributed by atoms with Gasteiger partial charge in [0.1, 0.15) is 6.61 Å². The lowest BCUT2D eigenvalue weighted by atomic mass is 10.2. The maximum absolute atomic E-state index is 13.3. The van der Waals surface area contributed by atoms with Gasteiger partial charge in [-0.2, -0.15) is 0 Å². The number of rotatable bonds is 6. The maximum atomic E-state index is 13.3. The number of nitrogens with zero attached hydrogens (tertiary/aromatic N) is 1. The van der Waals surface area contributed by atoms with Crippen molar-refractivity contribution in [3.63, 3.8) is 0 Å². The van der Waals surface area contributed by atoms with Crippen LogP contribution < -0.4 is 4.74 Å². The van der Waals surface area contributed by atoms with Crippen molar-refractivity contribution < 1.29 is 9.13 Å². The summed E-state index contributed by atoms with van der Waals surface area (Å²) in [6, 6.07) is 4.92. The molecule has 0 amide bonds. The molecule has 2 nitrogen and oxygen atoms in total. The third-order valence-electron chi connectivity index (χ3n) is 2.65. The summed E-state index contributed by atoms with van der Waals surface area (Å²) in [4.78, 5) is 2.24. The topological polar surface area (TPSA) is 12.5 Å². The largest absolute Gasteiger partial charge is 0.489 e. The third kappa shape index (κ3) is 3.81. The van der Waals surface area contributed by atoms with E-state index in [4.69, 9.17) is 4.74 Å². The Morgan fingerprint density at radius 2 is 1.94 bits per heavy atom. The van der Waals surface area contributed by atoms with Crippen LogP contribution in [0.3, 0.4) is 0 Å². The monoisotopic (exact) mass is 225 g/mol. The van der Waals surface area contributed by atoms with E-state index in [0.717, 1.165) is 25.2 Å². The molecule has 0 unspecified atom stereocenters. The van der Waals surface area contributed by atoms with Gasteiger partial charge in [0.05, 0.1) is 0 Å². The number of hydrogen-bond acceptors (Lipinski definition) is 2. The quantitative estimate of drug-likeness (QED) is 0.738. The standard InChI is InChI=1S/C13H20FNO/c1-4-15(5-2)8-9-16-13-10-11(3)6-7-12(13)14/h6-7,10H,4-5,8-9H2,1-3H3. The average molecular weight is 225 g/mol. The van der Waals surface area contributed by atoms with Crippen molar-refractivity contribution in [2.24, 2.45) is 0 Å². The molecular weight excluding hydrogens is 205 g/mol. The van der Waals surface area contributed by atoms with Gasteiger partial charge in [0.2, 0.25) is 0 Å². The Kier molecular flexibility index (Phi) is 5.26. The Balaban J connectivity index is 2.45. The molecule has 0 radical (unpaired) electrons. The lowest BCUT2D eigenvalue weighted by Crippen LogP contribution is -2.28. The van der Waals surface area contributed by atoms with Crippen molar-refractivity contribution in [3.8, 4) is 5.75 Å². The van der Waals surface area contributed by atoms with Crippen LogP contribution in [0, 0.1) is 12.7 Å². The summed E-state index contributed by atoms with van der Waals surface area (Å²) in [7, 11) is 0. The number of likely N-dealkylation sites (N-methyl/N-ethyl adjacent to an activating group) is 1. The maximum Gasteiger partial charge on any atom is 0.165 e. The molecule has 0 saturated carbocycles. The predicted molar refractivity (Wildman–Crippen MR) is 64.4 cm³/mol. The summed E-state index contributed by atoms with van der Waals surface area (Å²) < 4.78 is 18.8. The van der Waals surface area contributed by atoms with Crippen LogP contribution in [0.5, 0.6) is 5.75 Å². The van der Waals surface area contributed by atoms with Crippen molar-refractivity contribution in [3.05, 3.63) is 29.6 Å². The summed E-state index contributed by atoms with van der Waals surface area (Å²) in [6.45, 7) is 9.50. The van der Waals surface area contributed by atoms with Crippen LogP contribution in [0.4, 0.5) is 4.39 Å². The molecule has 0 aliphatic heterocycles. The predicted octanol–water partition coefficient (Wildman–Crippen LogP) is 2.85. The summed E-state index contributed by atoms with van der Waals surface area (Å²) in [6.07, 6.45) is 0.